The molecule has 1 aromatic carbocycles. The van der Waals surface area contributed by atoms with Crippen molar-refractivity contribution < 1.29 is 9.50 Å². The van der Waals surface area contributed by atoms with Crippen molar-refractivity contribution in [1.29, 1.82) is 0 Å². The average molecular weight is 250 g/mol. The van der Waals surface area contributed by atoms with Gasteiger partial charge in [-0.2, -0.15) is 0 Å². The predicted octanol–water partition coefficient (Wildman–Crippen LogP) is 3.60. The lowest BCUT2D eigenvalue weighted by Gasteiger charge is -2.14. The Bertz CT molecular complexity index is 453. The zero-order valence-electron chi connectivity index (χ0n) is 9.47. The van der Waals surface area contributed by atoms with Gasteiger partial charge in [-0.05, 0) is 35.9 Å². The Kier molecular flexibility index (Phi) is 4.29. The lowest BCUT2D eigenvalue weighted by Crippen LogP contribution is -2.07. The molecule has 0 saturated carbocycles. The van der Waals surface area contributed by atoms with E-state index in [-0.39, 0.29) is 18.3 Å². The Labute approximate surface area is 105 Å². The summed E-state index contributed by atoms with van der Waals surface area (Å²) < 4.78 is 13.6. The monoisotopic (exact) mass is 250 g/mol. The summed E-state index contributed by atoms with van der Waals surface area (Å²) in [5, 5.41) is 11.4. The zero-order chi connectivity index (χ0) is 12.1. The van der Waals surface area contributed by atoms with Crippen molar-refractivity contribution >= 4 is 11.3 Å². The van der Waals surface area contributed by atoms with E-state index in [4.69, 9.17) is 0 Å². The molecule has 0 aliphatic rings. The molecule has 90 valence electrons. The molecule has 1 nitrogen and oxygen atoms in total. The maximum Gasteiger partial charge on any atom is 0.126 e. The molecule has 3 heteroatoms. The van der Waals surface area contributed by atoms with Crippen molar-refractivity contribution in [2.24, 2.45) is 0 Å². The molecule has 1 N–H and O–H groups in total. The van der Waals surface area contributed by atoms with Crippen molar-refractivity contribution in [1.82, 2.24) is 0 Å². The summed E-state index contributed by atoms with van der Waals surface area (Å²) in [6, 6.07) is 10.8. The summed E-state index contributed by atoms with van der Waals surface area (Å²) in [7, 11) is 0. The van der Waals surface area contributed by atoms with Crippen LogP contribution in [0.5, 0.6) is 0 Å². The van der Waals surface area contributed by atoms with E-state index >= 15 is 0 Å². The molecule has 0 bridgehead atoms. The van der Waals surface area contributed by atoms with Crippen LogP contribution in [0.1, 0.15) is 22.8 Å². The fourth-order valence-corrected chi connectivity index (χ4v) is 2.65. The van der Waals surface area contributed by atoms with Gasteiger partial charge in [-0.1, -0.05) is 24.3 Å². The van der Waals surface area contributed by atoms with Crippen LogP contribution in [0.25, 0.3) is 0 Å². The molecular weight excluding hydrogens is 235 g/mol. The van der Waals surface area contributed by atoms with E-state index in [1.165, 1.54) is 10.9 Å². The molecule has 0 aliphatic carbocycles. The number of aliphatic hydroxyl groups excluding tert-OH is 1. The standard InChI is InChI=1S/C14H15FOS/c15-14-6-2-1-5-13(14)11(10-16)7-8-12-4-3-9-17-12/h1-6,9,11,16H,7-8,10H2. The maximum atomic E-state index is 13.6. The predicted molar refractivity (Wildman–Crippen MR) is 68.9 cm³/mol. The molecule has 0 fully saturated rings. The van der Waals surface area contributed by atoms with Crippen molar-refractivity contribution in [3.8, 4) is 0 Å². The Hall–Kier alpha value is -1.19. The second-order valence-corrected chi connectivity index (χ2v) is 5.05. The van der Waals surface area contributed by atoms with Gasteiger partial charge >= 0.3 is 0 Å². The van der Waals surface area contributed by atoms with Gasteiger partial charge in [0.15, 0.2) is 0 Å². The summed E-state index contributed by atoms with van der Waals surface area (Å²) in [5.41, 5.74) is 0.617. The second-order valence-electron chi connectivity index (χ2n) is 4.02. The van der Waals surface area contributed by atoms with E-state index in [0.717, 1.165) is 12.8 Å². The molecular formula is C14H15FOS. The number of aryl methyl sites for hydroxylation is 1. The largest absolute Gasteiger partial charge is 0.396 e. The molecule has 1 aromatic heterocycles. The highest BCUT2D eigenvalue weighted by atomic mass is 32.1. The fourth-order valence-electron chi connectivity index (χ4n) is 1.92. The van der Waals surface area contributed by atoms with E-state index in [2.05, 4.69) is 6.07 Å². The van der Waals surface area contributed by atoms with Crippen LogP contribution in [-0.2, 0) is 6.42 Å². The third kappa shape index (κ3) is 3.14. The van der Waals surface area contributed by atoms with Crippen LogP contribution in [0.3, 0.4) is 0 Å². The van der Waals surface area contributed by atoms with Gasteiger partial charge in [-0.15, -0.1) is 11.3 Å². The van der Waals surface area contributed by atoms with Crippen LogP contribution in [0.4, 0.5) is 4.39 Å². The molecule has 1 atom stereocenters. The fraction of sp³-hybridized carbons (Fsp3) is 0.286. The number of halogens is 1. The SMILES string of the molecule is OCC(CCc1cccs1)c1ccccc1F. The normalized spacial score (nSPS) is 12.6. The van der Waals surface area contributed by atoms with E-state index in [1.54, 1.807) is 23.5 Å². The summed E-state index contributed by atoms with van der Waals surface area (Å²) in [6.07, 6.45) is 1.66. The molecule has 0 spiro atoms. The summed E-state index contributed by atoms with van der Waals surface area (Å²) >= 11 is 1.70. The van der Waals surface area contributed by atoms with E-state index in [0.29, 0.717) is 5.56 Å². The van der Waals surface area contributed by atoms with Crippen molar-refractivity contribution in [2.45, 2.75) is 18.8 Å². The van der Waals surface area contributed by atoms with Gasteiger partial charge in [0.2, 0.25) is 0 Å². The summed E-state index contributed by atoms with van der Waals surface area (Å²) in [6.45, 7) is -0.00763. The van der Waals surface area contributed by atoms with E-state index in [1.807, 2.05) is 17.5 Å². The number of thiophene rings is 1. The first kappa shape index (κ1) is 12.3. The van der Waals surface area contributed by atoms with Crippen LogP contribution in [0, 0.1) is 5.82 Å². The third-order valence-corrected chi connectivity index (χ3v) is 3.82. The molecule has 1 unspecified atom stereocenters. The first-order valence-corrected chi connectivity index (χ1v) is 6.57. The minimum absolute atomic E-state index is 0.00763. The van der Waals surface area contributed by atoms with Gasteiger partial charge < -0.3 is 5.11 Å². The van der Waals surface area contributed by atoms with Gasteiger partial charge in [0, 0.05) is 10.8 Å². The summed E-state index contributed by atoms with van der Waals surface area (Å²) in [4.78, 5) is 1.28. The zero-order valence-corrected chi connectivity index (χ0v) is 10.3. The van der Waals surface area contributed by atoms with Crippen LogP contribution in [0.2, 0.25) is 0 Å². The Balaban J connectivity index is 2.04. The third-order valence-electron chi connectivity index (χ3n) is 2.88. The van der Waals surface area contributed by atoms with Gasteiger partial charge in [-0.25, -0.2) is 4.39 Å². The Morgan fingerprint density at radius 2 is 2.00 bits per heavy atom. The van der Waals surface area contributed by atoms with Gasteiger partial charge in [0.05, 0.1) is 6.61 Å². The minimum Gasteiger partial charge on any atom is -0.396 e. The van der Waals surface area contributed by atoms with Crippen molar-refractivity contribution in [2.75, 3.05) is 6.61 Å². The highest BCUT2D eigenvalue weighted by Gasteiger charge is 2.14. The van der Waals surface area contributed by atoms with Crippen LogP contribution in [-0.4, -0.2) is 11.7 Å². The average Bonchev–Trinajstić information content (AvgIpc) is 2.85. The summed E-state index contributed by atoms with van der Waals surface area (Å²) in [5.74, 6) is -0.337. The van der Waals surface area contributed by atoms with Gasteiger partial charge in [-0.3, -0.25) is 0 Å². The second kappa shape index (κ2) is 5.94. The highest BCUT2D eigenvalue weighted by molar-refractivity contribution is 7.09. The van der Waals surface area contributed by atoms with Crippen LogP contribution < -0.4 is 0 Å². The Morgan fingerprint density at radius 3 is 2.65 bits per heavy atom. The maximum absolute atomic E-state index is 13.6. The molecule has 0 radical (unpaired) electrons. The van der Waals surface area contributed by atoms with E-state index in [9.17, 15) is 9.50 Å². The lowest BCUT2D eigenvalue weighted by molar-refractivity contribution is 0.256. The molecule has 1 heterocycles. The minimum atomic E-state index is -0.224. The van der Waals surface area contributed by atoms with Crippen molar-refractivity contribution in [3.63, 3.8) is 0 Å². The molecule has 2 aromatic rings. The topological polar surface area (TPSA) is 20.2 Å². The lowest BCUT2D eigenvalue weighted by atomic mass is 9.94. The van der Waals surface area contributed by atoms with Crippen LogP contribution in [0.15, 0.2) is 41.8 Å². The molecule has 0 aliphatic heterocycles. The van der Waals surface area contributed by atoms with Crippen molar-refractivity contribution in [3.05, 3.63) is 58.0 Å². The van der Waals surface area contributed by atoms with E-state index < -0.39 is 0 Å². The molecule has 0 saturated heterocycles. The number of benzene rings is 1. The number of hydrogen-bond acceptors (Lipinski definition) is 2. The Morgan fingerprint density at radius 1 is 1.18 bits per heavy atom. The highest BCUT2D eigenvalue weighted by Crippen LogP contribution is 2.24. The number of aliphatic hydroxyl groups is 1. The van der Waals surface area contributed by atoms with Gasteiger partial charge in [0.25, 0.3) is 0 Å². The number of hydrogen-bond donors (Lipinski definition) is 1. The first-order chi connectivity index (χ1) is 8.31. The molecule has 2 rings (SSSR count). The quantitative estimate of drug-likeness (QED) is 0.859. The molecule has 17 heavy (non-hydrogen) atoms. The molecule has 0 amide bonds. The number of rotatable bonds is 5. The smallest absolute Gasteiger partial charge is 0.126 e. The first-order valence-electron chi connectivity index (χ1n) is 5.69. The van der Waals surface area contributed by atoms with Gasteiger partial charge in [0.1, 0.15) is 5.82 Å². The van der Waals surface area contributed by atoms with Crippen LogP contribution >= 0.6 is 11.3 Å².